The second-order valence-electron chi connectivity index (χ2n) is 5.20. The van der Waals surface area contributed by atoms with E-state index in [-0.39, 0.29) is 0 Å². The highest BCUT2D eigenvalue weighted by Crippen LogP contribution is 2.45. The third-order valence-corrected chi connectivity index (χ3v) is 4.37. The molecule has 2 fully saturated rings. The Morgan fingerprint density at radius 2 is 1.50 bits per heavy atom. The van der Waals surface area contributed by atoms with Gasteiger partial charge < -0.3 is 5.73 Å². The molecule has 2 unspecified atom stereocenters. The molecular weight excluding hydrogens is 170 g/mol. The Labute approximate surface area is 87.8 Å². The van der Waals surface area contributed by atoms with Crippen molar-refractivity contribution in [3.63, 3.8) is 0 Å². The second-order valence-corrected chi connectivity index (χ2v) is 5.20. The lowest BCUT2D eigenvalue weighted by Gasteiger charge is -2.28. The van der Waals surface area contributed by atoms with Gasteiger partial charge in [-0.15, -0.1) is 6.58 Å². The van der Waals surface area contributed by atoms with Crippen molar-refractivity contribution in [2.75, 3.05) is 0 Å². The molecule has 2 aliphatic carbocycles. The fourth-order valence-electron chi connectivity index (χ4n) is 3.54. The van der Waals surface area contributed by atoms with Gasteiger partial charge in [-0.05, 0) is 62.7 Å². The Balaban J connectivity index is 2.01. The van der Waals surface area contributed by atoms with Gasteiger partial charge in [-0.2, -0.15) is 0 Å². The van der Waals surface area contributed by atoms with Gasteiger partial charge in [0.1, 0.15) is 0 Å². The Morgan fingerprint density at radius 3 is 2.00 bits per heavy atom. The second kappa shape index (κ2) is 4.48. The van der Waals surface area contributed by atoms with E-state index in [0.29, 0.717) is 6.04 Å². The van der Waals surface area contributed by atoms with Crippen molar-refractivity contribution in [1.29, 1.82) is 0 Å². The Morgan fingerprint density at radius 1 is 1.00 bits per heavy atom. The zero-order valence-electron chi connectivity index (χ0n) is 9.12. The standard InChI is InChI=1S/C13H23N/c1-2-3-13-10-4-5-11(13)7-9-12(14)8-6-10/h2,10-13H,1,3-9,14H2. The molecule has 2 rings (SSSR count). The molecule has 2 aliphatic rings. The van der Waals surface area contributed by atoms with Crippen molar-refractivity contribution in [3.8, 4) is 0 Å². The summed E-state index contributed by atoms with van der Waals surface area (Å²) < 4.78 is 0. The van der Waals surface area contributed by atoms with E-state index < -0.39 is 0 Å². The van der Waals surface area contributed by atoms with Crippen LogP contribution in [0.25, 0.3) is 0 Å². The van der Waals surface area contributed by atoms with Gasteiger partial charge in [0.25, 0.3) is 0 Å². The molecule has 0 aromatic heterocycles. The quantitative estimate of drug-likeness (QED) is 0.670. The average molecular weight is 193 g/mol. The molecule has 80 valence electrons. The molecule has 2 atom stereocenters. The Kier molecular flexibility index (Phi) is 3.27. The lowest BCUT2D eigenvalue weighted by Crippen LogP contribution is -2.27. The van der Waals surface area contributed by atoms with Crippen molar-refractivity contribution in [2.24, 2.45) is 23.5 Å². The first kappa shape index (κ1) is 10.2. The molecule has 0 aromatic carbocycles. The Hall–Kier alpha value is -0.300. The number of hydrogen-bond acceptors (Lipinski definition) is 1. The van der Waals surface area contributed by atoms with Crippen LogP contribution >= 0.6 is 0 Å². The minimum Gasteiger partial charge on any atom is -0.328 e. The van der Waals surface area contributed by atoms with Gasteiger partial charge in [-0.3, -0.25) is 0 Å². The topological polar surface area (TPSA) is 26.0 Å². The van der Waals surface area contributed by atoms with E-state index in [9.17, 15) is 0 Å². The van der Waals surface area contributed by atoms with Gasteiger partial charge >= 0.3 is 0 Å². The van der Waals surface area contributed by atoms with Crippen molar-refractivity contribution < 1.29 is 0 Å². The van der Waals surface area contributed by atoms with Crippen LogP contribution in [0, 0.1) is 17.8 Å². The van der Waals surface area contributed by atoms with Gasteiger partial charge in [0.15, 0.2) is 0 Å². The van der Waals surface area contributed by atoms with E-state index in [4.69, 9.17) is 5.73 Å². The maximum Gasteiger partial charge on any atom is 0.00390 e. The molecule has 14 heavy (non-hydrogen) atoms. The lowest BCUT2D eigenvalue weighted by molar-refractivity contribution is 0.246. The van der Waals surface area contributed by atoms with E-state index >= 15 is 0 Å². The minimum atomic E-state index is 0.489. The Bertz CT molecular complexity index is 183. The first-order valence-electron chi connectivity index (χ1n) is 6.17. The monoisotopic (exact) mass is 193 g/mol. The highest BCUT2D eigenvalue weighted by atomic mass is 14.6. The highest BCUT2D eigenvalue weighted by molar-refractivity contribution is 4.91. The zero-order valence-corrected chi connectivity index (χ0v) is 9.12. The lowest BCUT2D eigenvalue weighted by atomic mass is 9.78. The van der Waals surface area contributed by atoms with Crippen molar-refractivity contribution in [1.82, 2.24) is 0 Å². The molecule has 0 aromatic rings. The van der Waals surface area contributed by atoms with Crippen LogP contribution in [-0.4, -0.2) is 6.04 Å². The first-order valence-corrected chi connectivity index (χ1v) is 6.17. The van der Waals surface area contributed by atoms with Gasteiger partial charge in [-0.25, -0.2) is 0 Å². The van der Waals surface area contributed by atoms with Gasteiger partial charge in [-0.1, -0.05) is 6.08 Å². The van der Waals surface area contributed by atoms with E-state index in [0.717, 1.165) is 17.8 Å². The van der Waals surface area contributed by atoms with Crippen molar-refractivity contribution in [2.45, 2.75) is 51.0 Å². The summed E-state index contributed by atoms with van der Waals surface area (Å²) in [7, 11) is 0. The summed E-state index contributed by atoms with van der Waals surface area (Å²) in [6.45, 7) is 3.90. The van der Waals surface area contributed by atoms with Crippen LogP contribution in [0.4, 0.5) is 0 Å². The van der Waals surface area contributed by atoms with Crippen LogP contribution in [0.5, 0.6) is 0 Å². The summed E-state index contributed by atoms with van der Waals surface area (Å²) in [5.41, 5.74) is 6.06. The average Bonchev–Trinajstić information content (AvgIpc) is 2.57. The third-order valence-electron chi connectivity index (χ3n) is 4.37. The summed E-state index contributed by atoms with van der Waals surface area (Å²) in [4.78, 5) is 0. The van der Waals surface area contributed by atoms with Gasteiger partial charge in [0.05, 0.1) is 0 Å². The fourth-order valence-corrected chi connectivity index (χ4v) is 3.54. The fraction of sp³-hybridized carbons (Fsp3) is 0.846. The number of fused-ring (bicyclic) bond motifs is 2. The molecular formula is C13H23N. The molecule has 0 radical (unpaired) electrons. The summed E-state index contributed by atoms with van der Waals surface area (Å²) in [6.07, 6.45) is 11.5. The van der Waals surface area contributed by atoms with Crippen LogP contribution < -0.4 is 5.73 Å². The van der Waals surface area contributed by atoms with Gasteiger partial charge in [0, 0.05) is 6.04 Å². The molecule has 1 nitrogen and oxygen atoms in total. The summed E-state index contributed by atoms with van der Waals surface area (Å²) >= 11 is 0. The molecule has 0 aliphatic heterocycles. The van der Waals surface area contributed by atoms with Crippen LogP contribution in [0.1, 0.15) is 44.9 Å². The van der Waals surface area contributed by atoms with Crippen LogP contribution in [-0.2, 0) is 0 Å². The van der Waals surface area contributed by atoms with E-state index in [2.05, 4.69) is 12.7 Å². The molecule has 0 spiro atoms. The van der Waals surface area contributed by atoms with Crippen LogP contribution in [0.15, 0.2) is 12.7 Å². The molecule has 2 N–H and O–H groups in total. The minimum absolute atomic E-state index is 0.489. The van der Waals surface area contributed by atoms with Crippen molar-refractivity contribution in [3.05, 3.63) is 12.7 Å². The molecule has 0 amide bonds. The van der Waals surface area contributed by atoms with Crippen molar-refractivity contribution >= 4 is 0 Å². The zero-order chi connectivity index (χ0) is 9.97. The predicted molar refractivity (Wildman–Crippen MR) is 61.0 cm³/mol. The summed E-state index contributed by atoms with van der Waals surface area (Å²) in [5.74, 6) is 2.87. The number of hydrogen-bond donors (Lipinski definition) is 1. The maximum absolute atomic E-state index is 6.06. The maximum atomic E-state index is 6.06. The van der Waals surface area contributed by atoms with E-state index in [1.807, 2.05) is 0 Å². The number of nitrogens with two attached hydrogens (primary N) is 1. The smallest absolute Gasteiger partial charge is 0.00390 e. The predicted octanol–water partition coefficient (Wildman–Crippen LogP) is 3.11. The normalized spacial score (nSPS) is 42.9. The third kappa shape index (κ3) is 2.03. The number of allylic oxidation sites excluding steroid dienone is 1. The summed E-state index contributed by atoms with van der Waals surface area (Å²) in [6, 6.07) is 0.489. The first-order chi connectivity index (χ1) is 6.81. The largest absolute Gasteiger partial charge is 0.328 e. The highest BCUT2D eigenvalue weighted by Gasteiger charge is 2.36. The molecule has 2 saturated carbocycles. The molecule has 0 saturated heterocycles. The molecule has 1 heteroatoms. The van der Waals surface area contributed by atoms with E-state index in [1.165, 1.54) is 44.9 Å². The van der Waals surface area contributed by atoms with Gasteiger partial charge in [0.2, 0.25) is 0 Å². The summed E-state index contributed by atoms with van der Waals surface area (Å²) in [5, 5.41) is 0. The molecule has 0 heterocycles. The van der Waals surface area contributed by atoms with E-state index in [1.54, 1.807) is 0 Å². The number of rotatable bonds is 2. The van der Waals surface area contributed by atoms with Crippen LogP contribution in [0.3, 0.4) is 0 Å². The van der Waals surface area contributed by atoms with Crippen LogP contribution in [0.2, 0.25) is 0 Å². The SMILES string of the molecule is C=CCC1C2CCC(N)CCC1CC2. The molecule has 2 bridgehead atoms.